The van der Waals surface area contributed by atoms with E-state index < -0.39 is 11.0 Å². The van der Waals surface area contributed by atoms with Crippen LogP contribution in [0.15, 0.2) is 47.3 Å². The van der Waals surface area contributed by atoms with Crippen LogP contribution in [0.5, 0.6) is 11.5 Å². The number of aromatic amines is 1. The first-order valence-electron chi connectivity index (χ1n) is 13.5. The minimum absolute atomic E-state index is 0.0688. The van der Waals surface area contributed by atoms with E-state index in [0.717, 1.165) is 36.8 Å². The molecule has 1 N–H and O–H groups in total. The molecule has 1 atom stereocenters. The highest BCUT2D eigenvalue weighted by Gasteiger charge is 2.35. The number of piperazine rings is 1. The van der Waals surface area contributed by atoms with Gasteiger partial charge in [0.15, 0.2) is 17.3 Å². The van der Waals surface area contributed by atoms with Crippen LogP contribution in [-0.2, 0) is 0 Å². The summed E-state index contributed by atoms with van der Waals surface area (Å²) >= 11 is 0. The highest BCUT2D eigenvalue weighted by Crippen LogP contribution is 2.38. The third-order valence-electron chi connectivity index (χ3n) is 8.20. The van der Waals surface area contributed by atoms with E-state index in [0.29, 0.717) is 54.6 Å². The number of fused-ring (bicyclic) bond motifs is 2. The summed E-state index contributed by atoms with van der Waals surface area (Å²) < 4.78 is 13.0. The SMILES string of the molecule is O=c1[nH]c2cc3c(cc2cc1[C@@H](c1nnnn1C1CCCC1)N1CCN(c2ccc([N+](=O)[O-])cc2)CC1)OCO3. The topological polar surface area (TPSA) is 145 Å². The Labute approximate surface area is 228 Å². The molecule has 13 heteroatoms. The Morgan fingerprint density at radius 2 is 1.73 bits per heavy atom. The lowest BCUT2D eigenvalue weighted by Gasteiger charge is -2.39. The highest BCUT2D eigenvalue weighted by atomic mass is 16.7. The number of nitrogens with one attached hydrogen (secondary N) is 1. The molecule has 1 saturated carbocycles. The molecule has 2 aromatic carbocycles. The van der Waals surface area contributed by atoms with Crippen molar-refractivity contribution in [2.45, 2.75) is 37.8 Å². The number of pyridine rings is 1. The summed E-state index contributed by atoms with van der Waals surface area (Å²) in [6, 6.07) is 12.0. The first-order chi connectivity index (χ1) is 19.5. The molecule has 0 amide bonds. The first kappa shape index (κ1) is 24.5. The Hall–Kier alpha value is -4.52. The van der Waals surface area contributed by atoms with E-state index in [1.165, 1.54) is 12.1 Å². The molecule has 3 aliphatic rings. The average molecular weight is 545 g/mol. The van der Waals surface area contributed by atoms with Gasteiger partial charge in [-0.25, -0.2) is 4.68 Å². The molecule has 7 rings (SSSR count). The number of tetrazole rings is 1. The molecule has 4 aromatic rings. The number of hydrogen-bond donors (Lipinski definition) is 1. The van der Waals surface area contributed by atoms with Crippen molar-refractivity contribution in [3.05, 3.63) is 74.3 Å². The molecule has 2 aliphatic heterocycles. The molecule has 13 nitrogen and oxygen atoms in total. The van der Waals surface area contributed by atoms with E-state index in [1.54, 1.807) is 18.2 Å². The van der Waals surface area contributed by atoms with Crippen LogP contribution in [-0.4, -0.2) is 68.0 Å². The number of ether oxygens (including phenoxy) is 2. The summed E-state index contributed by atoms with van der Waals surface area (Å²) in [6.45, 7) is 2.82. The smallest absolute Gasteiger partial charge is 0.269 e. The van der Waals surface area contributed by atoms with Gasteiger partial charge in [-0.3, -0.25) is 19.8 Å². The maximum Gasteiger partial charge on any atom is 0.269 e. The van der Waals surface area contributed by atoms with Gasteiger partial charge in [-0.1, -0.05) is 12.8 Å². The van der Waals surface area contributed by atoms with E-state index >= 15 is 0 Å². The zero-order chi connectivity index (χ0) is 27.2. The maximum absolute atomic E-state index is 13.6. The molecule has 0 radical (unpaired) electrons. The summed E-state index contributed by atoms with van der Waals surface area (Å²) in [5.74, 6) is 1.93. The zero-order valence-corrected chi connectivity index (χ0v) is 21.7. The van der Waals surface area contributed by atoms with Crippen LogP contribution in [0.25, 0.3) is 10.9 Å². The lowest BCUT2D eigenvalue weighted by atomic mass is 10.0. The van der Waals surface area contributed by atoms with Gasteiger partial charge in [0.05, 0.1) is 16.5 Å². The number of nitro groups is 1. The van der Waals surface area contributed by atoms with E-state index in [-0.39, 0.29) is 24.1 Å². The van der Waals surface area contributed by atoms with Gasteiger partial charge in [-0.15, -0.1) is 5.10 Å². The predicted octanol–water partition coefficient (Wildman–Crippen LogP) is 3.18. The molecule has 0 unspecified atom stereocenters. The second-order valence-electron chi connectivity index (χ2n) is 10.5. The number of nitrogens with zero attached hydrogens (tertiary/aromatic N) is 7. The normalized spacial score (nSPS) is 18.4. The van der Waals surface area contributed by atoms with Gasteiger partial charge in [0.25, 0.3) is 11.2 Å². The van der Waals surface area contributed by atoms with E-state index in [1.807, 2.05) is 16.8 Å². The monoisotopic (exact) mass is 544 g/mol. The van der Waals surface area contributed by atoms with Crippen molar-refractivity contribution >= 4 is 22.3 Å². The molecule has 2 fully saturated rings. The van der Waals surface area contributed by atoms with Crippen LogP contribution >= 0.6 is 0 Å². The van der Waals surface area contributed by atoms with Gasteiger partial charge < -0.3 is 19.4 Å². The summed E-state index contributed by atoms with van der Waals surface area (Å²) in [4.78, 5) is 31.8. The Balaban J connectivity index is 1.24. The summed E-state index contributed by atoms with van der Waals surface area (Å²) in [5.41, 5.74) is 2.05. The number of benzene rings is 2. The number of non-ortho nitro benzene ring substituents is 1. The van der Waals surface area contributed by atoms with Crippen molar-refractivity contribution in [1.82, 2.24) is 30.1 Å². The standard InChI is InChI=1S/C27H28N8O5/c36-27-21(13-17-14-23-24(40-16-39-23)15-22(17)28-27)25(26-29-30-31-34(26)19-3-1-2-4-19)33-11-9-32(10-12-33)18-5-7-20(8-6-18)35(37)38/h5-8,13-15,19,25H,1-4,9-12,16H2,(H,28,36)/t25-/m0/s1. The highest BCUT2D eigenvalue weighted by molar-refractivity contribution is 5.83. The molecule has 2 aromatic heterocycles. The van der Waals surface area contributed by atoms with Gasteiger partial charge in [-0.2, -0.15) is 0 Å². The minimum atomic E-state index is -0.451. The second kappa shape index (κ2) is 9.90. The molecule has 40 heavy (non-hydrogen) atoms. The summed E-state index contributed by atoms with van der Waals surface area (Å²) in [6.07, 6.45) is 4.28. The van der Waals surface area contributed by atoms with Crippen molar-refractivity contribution < 1.29 is 14.4 Å². The van der Waals surface area contributed by atoms with Crippen molar-refractivity contribution in [3.63, 3.8) is 0 Å². The van der Waals surface area contributed by atoms with Crippen molar-refractivity contribution in [1.29, 1.82) is 0 Å². The Bertz CT molecular complexity index is 1620. The van der Waals surface area contributed by atoms with Crippen LogP contribution in [0.2, 0.25) is 0 Å². The quantitative estimate of drug-likeness (QED) is 0.284. The molecule has 1 saturated heterocycles. The van der Waals surface area contributed by atoms with E-state index in [9.17, 15) is 14.9 Å². The largest absolute Gasteiger partial charge is 0.454 e. The fourth-order valence-corrected chi connectivity index (χ4v) is 6.13. The van der Waals surface area contributed by atoms with Gasteiger partial charge >= 0.3 is 0 Å². The molecule has 1 aliphatic carbocycles. The molecule has 206 valence electrons. The first-order valence-corrected chi connectivity index (χ1v) is 13.5. The average Bonchev–Trinajstić information content (AvgIpc) is 3.75. The molecular weight excluding hydrogens is 516 g/mol. The van der Waals surface area contributed by atoms with Gasteiger partial charge in [0.1, 0.15) is 6.04 Å². The number of hydrogen-bond acceptors (Lipinski definition) is 10. The molecule has 0 spiro atoms. The van der Waals surface area contributed by atoms with Crippen molar-refractivity contribution in [2.75, 3.05) is 37.9 Å². The van der Waals surface area contributed by atoms with Crippen LogP contribution < -0.4 is 19.9 Å². The molecular formula is C27H28N8O5. The number of rotatable bonds is 6. The van der Waals surface area contributed by atoms with E-state index in [2.05, 4.69) is 30.3 Å². The number of H-pyrrole nitrogens is 1. The lowest BCUT2D eigenvalue weighted by Crippen LogP contribution is -2.49. The minimum Gasteiger partial charge on any atom is -0.454 e. The maximum atomic E-state index is 13.6. The predicted molar refractivity (Wildman–Crippen MR) is 145 cm³/mol. The summed E-state index contributed by atoms with van der Waals surface area (Å²) in [7, 11) is 0. The Kier molecular flexibility index (Phi) is 6.07. The number of anilines is 1. The molecule has 0 bridgehead atoms. The number of aromatic nitrogens is 5. The van der Waals surface area contributed by atoms with Crippen molar-refractivity contribution in [2.24, 2.45) is 0 Å². The number of nitro benzene ring substituents is 1. The van der Waals surface area contributed by atoms with Gasteiger partial charge in [0, 0.05) is 61.0 Å². The second-order valence-corrected chi connectivity index (χ2v) is 10.5. The zero-order valence-electron chi connectivity index (χ0n) is 21.7. The third-order valence-corrected chi connectivity index (χ3v) is 8.20. The van der Waals surface area contributed by atoms with Gasteiger partial charge in [-0.05, 0) is 47.5 Å². The van der Waals surface area contributed by atoms with Crippen LogP contribution in [0, 0.1) is 10.1 Å². The van der Waals surface area contributed by atoms with Crippen LogP contribution in [0.1, 0.15) is 49.2 Å². The van der Waals surface area contributed by atoms with Crippen molar-refractivity contribution in [3.8, 4) is 11.5 Å². The lowest BCUT2D eigenvalue weighted by molar-refractivity contribution is -0.384. The van der Waals surface area contributed by atoms with Crippen LogP contribution in [0.4, 0.5) is 11.4 Å². The third kappa shape index (κ3) is 4.31. The summed E-state index contributed by atoms with van der Waals surface area (Å²) in [5, 5.41) is 24.8. The van der Waals surface area contributed by atoms with Gasteiger partial charge in [0.2, 0.25) is 6.79 Å². The fourth-order valence-electron chi connectivity index (χ4n) is 6.13. The van der Waals surface area contributed by atoms with Crippen LogP contribution in [0.3, 0.4) is 0 Å². The Morgan fingerprint density at radius 1 is 1.00 bits per heavy atom. The Morgan fingerprint density at radius 3 is 2.45 bits per heavy atom. The molecule has 4 heterocycles. The fraction of sp³-hybridized carbons (Fsp3) is 0.407. The van der Waals surface area contributed by atoms with E-state index in [4.69, 9.17) is 9.47 Å².